The Balaban J connectivity index is 3.63. The normalized spacial score (nSPS) is 11.4. The molecule has 7 heteroatoms. The molecule has 0 saturated heterocycles. The molecule has 1 rings (SSSR count). The fraction of sp³-hybridized carbons (Fsp3) is 0.125. The van der Waals surface area contributed by atoms with Crippen LogP contribution in [0, 0.1) is 10.5 Å². The minimum Gasteiger partial charge on any atom is -0.478 e. The zero-order chi connectivity index (χ0) is 11.8. The maximum Gasteiger partial charge on any atom is 0.336 e. The number of rotatable bonds is 2. The first-order valence-electron chi connectivity index (χ1n) is 3.71. The maximum absolute atomic E-state index is 11.1. The molecule has 0 amide bonds. The highest BCUT2D eigenvalue weighted by Crippen LogP contribution is 2.25. The lowest BCUT2D eigenvalue weighted by atomic mass is 10.1. The van der Waals surface area contributed by atoms with Crippen molar-refractivity contribution in [2.24, 2.45) is 0 Å². The van der Waals surface area contributed by atoms with E-state index in [4.69, 9.17) is 15.8 Å². The summed E-state index contributed by atoms with van der Waals surface area (Å²) in [5.74, 6) is -1.17. The summed E-state index contributed by atoms with van der Waals surface area (Å²) in [6.07, 6.45) is 0. The Morgan fingerprint density at radius 3 is 2.40 bits per heavy atom. The number of hydrogen-bond acceptors (Lipinski definition) is 3. The first-order valence-corrected chi connectivity index (χ1v) is 7.10. The lowest BCUT2D eigenvalue weighted by Crippen LogP contribution is -2.05. The largest absolute Gasteiger partial charge is 0.478 e. The molecule has 0 saturated carbocycles. The average molecular weight is 361 g/mol. The smallest absolute Gasteiger partial charge is 0.336 e. The van der Waals surface area contributed by atoms with Crippen molar-refractivity contribution in [3.05, 3.63) is 26.8 Å². The third-order valence-corrected chi connectivity index (χ3v) is 3.89. The Morgan fingerprint density at radius 1 is 1.47 bits per heavy atom. The van der Waals surface area contributed by atoms with Crippen LogP contribution < -0.4 is 0 Å². The monoisotopic (exact) mass is 360 g/mol. The molecule has 4 nitrogen and oxygen atoms in total. The Morgan fingerprint density at radius 2 is 2.00 bits per heavy atom. The molecule has 0 radical (unpaired) electrons. The molecule has 0 spiro atoms. The standard InChI is InChI=1S/C8H6ClIO4S/c1-4-6(8(11)12)2-5(10)3-7(4)15(9,13)14/h2-3H,1H3,(H,11,12). The fourth-order valence-electron chi connectivity index (χ4n) is 1.13. The van der Waals surface area contributed by atoms with Crippen molar-refractivity contribution >= 4 is 48.3 Å². The van der Waals surface area contributed by atoms with E-state index in [0.717, 1.165) is 0 Å². The molecule has 0 atom stereocenters. The Bertz CT molecular complexity index is 524. The Kier molecular flexibility index (Phi) is 3.62. The lowest BCUT2D eigenvalue weighted by molar-refractivity contribution is 0.0695. The average Bonchev–Trinajstić information content (AvgIpc) is 2.06. The van der Waals surface area contributed by atoms with Gasteiger partial charge in [-0.05, 0) is 47.2 Å². The first-order chi connectivity index (χ1) is 6.73. The molecular formula is C8H6ClIO4S. The van der Waals surface area contributed by atoms with Crippen LogP contribution in [0.3, 0.4) is 0 Å². The summed E-state index contributed by atoms with van der Waals surface area (Å²) >= 11 is 1.83. The topological polar surface area (TPSA) is 71.4 Å². The molecular weight excluding hydrogens is 355 g/mol. The quantitative estimate of drug-likeness (QED) is 0.648. The summed E-state index contributed by atoms with van der Waals surface area (Å²) in [6, 6.07) is 2.73. The first kappa shape index (κ1) is 12.7. The van der Waals surface area contributed by atoms with Gasteiger partial charge in [-0.2, -0.15) is 0 Å². The number of carbonyl (C=O) groups is 1. The van der Waals surface area contributed by atoms with E-state index in [1.54, 1.807) is 0 Å². The molecule has 0 fully saturated rings. The van der Waals surface area contributed by atoms with E-state index in [1.807, 2.05) is 22.6 Å². The summed E-state index contributed by atoms with van der Waals surface area (Å²) in [4.78, 5) is 10.7. The van der Waals surface area contributed by atoms with E-state index >= 15 is 0 Å². The highest BCUT2D eigenvalue weighted by Gasteiger charge is 2.19. The van der Waals surface area contributed by atoms with Gasteiger partial charge in [0.25, 0.3) is 9.05 Å². The van der Waals surface area contributed by atoms with Crippen LogP contribution in [-0.2, 0) is 9.05 Å². The third kappa shape index (κ3) is 2.82. The van der Waals surface area contributed by atoms with Gasteiger partial charge in [0, 0.05) is 14.3 Å². The molecule has 0 heterocycles. The predicted molar refractivity (Wildman–Crippen MR) is 63.9 cm³/mol. The van der Waals surface area contributed by atoms with Crippen molar-refractivity contribution in [1.29, 1.82) is 0 Å². The Hall–Kier alpha value is -0.340. The van der Waals surface area contributed by atoms with Crippen molar-refractivity contribution in [2.45, 2.75) is 11.8 Å². The van der Waals surface area contributed by atoms with Gasteiger partial charge < -0.3 is 5.11 Å². The number of hydrogen-bond donors (Lipinski definition) is 1. The predicted octanol–water partition coefficient (Wildman–Crippen LogP) is 2.23. The molecule has 82 valence electrons. The van der Waals surface area contributed by atoms with E-state index < -0.39 is 15.0 Å². The van der Waals surface area contributed by atoms with E-state index in [0.29, 0.717) is 3.57 Å². The van der Waals surface area contributed by atoms with Crippen LogP contribution in [0.5, 0.6) is 0 Å². The summed E-state index contributed by atoms with van der Waals surface area (Å²) < 4.78 is 22.8. The van der Waals surface area contributed by atoms with Crippen LogP contribution in [-0.4, -0.2) is 19.5 Å². The summed E-state index contributed by atoms with van der Waals surface area (Å²) in [7, 11) is 1.28. The highest BCUT2D eigenvalue weighted by atomic mass is 127. The second kappa shape index (κ2) is 4.26. The van der Waals surface area contributed by atoms with Crippen LogP contribution in [0.15, 0.2) is 17.0 Å². The van der Waals surface area contributed by atoms with E-state index in [2.05, 4.69) is 0 Å². The molecule has 0 bridgehead atoms. The number of carboxylic acid groups (broad SMARTS) is 1. The molecule has 0 unspecified atom stereocenters. The lowest BCUT2D eigenvalue weighted by Gasteiger charge is -2.06. The maximum atomic E-state index is 11.1. The van der Waals surface area contributed by atoms with E-state index in [1.165, 1.54) is 19.1 Å². The summed E-state index contributed by atoms with van der Waals surface area (Å²) in [6.45, 7) is 1.41. The SMILES string of the molecule is Cc1c(C(=O)O)cc(I)cc1S(=O)(=O)Cl. The Labute approximate surface area is 105 Å². The second-order valence-corrected chi connectivity index (χ2v) is 6.60. The van der Waals surface area contributed by atoms with Crippen LogP contribution in [0.1, 0.15) is 15.9 Å². The molecule has 0 aliphatic carbocycles. The van der Waals surface area contributed by atoms with Crippen molar-refractivity contribution in [2.75, 3.05) is 0 Å². The van der Waals surface area contributed by atoms with Gasteiger partial charge in [-0.1, -0.05) is 0 Å². The van der Waals surface area contributed by atoms with Gasteiger partial charge in [0.1, 0.15) is 0 Å². The zero-order valence-electron chi connectivity index (χ0n) is 7.49. The second-order valence-electron chi connectivity index (χ2n) is 2.82. The number of halogens is 2. The highest BCUT2D eigenvalue weighted by molar-refractivity contribution is 14.1. The number of carboxylic acids is 1. The van der Waals surface area contributed by atoms with Crippen molar-refractivity contribution in [3.8, 4) is 0 Å². The van der Waals surface area contributed by atoms with Crippen molar-refractivity contribution in [3.63, 3.8) is 0 Å². The number of benzene rings is 1. The van der Waals surface area contributed by atoms with Crippen molar-refractivity contribution in [1.82, 2.24) is 0 Å². The molecule has 1 aromatic carbocycles. The van der Waals surface area contributed by atoms with Gasteiger partial charge >= 0.3 is 5.97 Å². The van der Waals surface area contributed by atoms with Crippen LogP contribution in [0.4, 0.5) is 0 Å². The van der Waals surface area contributed by atoms with Crippen molar-refractivity contribution < 1.29 is 18.3 Å². The van der Waals surface area contributed by atoms with Gasteiger partial charge in [0.05, 0.1) is 10.5 Å². The van der Waals surface area contributed by atoms with Gasteiger partial charge in [-0.15, -0.1) is 0 Å². The summed E-state index contributed by atoms with van der Waals surface area (Å²) in [5.41, 5.74) is 0.0963. The van der Waals surface area contributed by atoms with Gasteiger partial charge in [-0.25, -0.2) is 13.2 Å². The molecule has 0 aliphatic heterocycles. The van der Waals surface area contributed by atoms with Crippen LogP contribution >= 0.6 is 33.3 Å². The number of aromatic carboxylic acids is 1. The van der Waals surface area contributed by atoms with Crippen LogP contribution in [0.2, 0.25) is 0 Å². The van der Waals surface area contributed by atoms with Gasteiger partial charge in [0.2, 0.25) is 0 Å². The van der Waals surface area contributed by atoms with Gasteiger partial charge in [0.15, 0.2) is 0 Å². The molecule has 1 aromatic rings. The molecule has 1 N–H and O–H groups in total. The molecule has 15 heavy (non-hydrogen) atoms. The van der Waals surface area contributed by atoms with Crippen LogP contribution in [0.25, 0.3) is 0 Å². The molecule has 0 aliphatic rings. The zero-order valence-corrected chi connectivity index (χ0v) is 11.2. The van der Waals surface area contributed by atoms with E-state index in [9.17, 15) is 13.2 Å². The molecule has 0 aromatic heterocycles. The van der Waals surface area contributed by atoms with Gasteiger partial charge in [-0.3, -0.25) is 0 Å². The van der Waals surface area contributed by atoms with E-state index in [-0.39, 0.29) is 16.0 Å². The fourth-order valence-corrected chi connectivity index (χ4v) is 3.19. The minimum absolute atomic E-state index is 0.0545. The minimum atomic E-state index is -3.91. The summed E-state index contributed by atoms with van der Waals surface area (Å²) in [5, 5.41) is 8.84. The third-order valence-electron chi connectivity index (χ3n) is 1.82.